The Balaban J connectivity index is 1.40. The van der Waals surface area contributed by atoms with Crippen LogP contribution in [0, 0.1) is 5.92 Å². The molecule has 150 valence electrons. The molecular weight excluding hydrogens is 360 g/mol. The van der Waals surface area contributed by atoms with Crippen LogP contribution in [-0.2, 0) is 5.41 Å². The first-order valence-electron chi connectivity index (χ1n) is 11.0. The number of hydrogen-bond donors (Lipinski definition) is 0. The van der Waals surface area contributed by atoms with Gasteiger partial charge in [-0.15, -0.1) is 11.8 Å². The summed E-state index contributed by atoms with van der Waals surface area (Å²) in [4.78, 5) is 2.60. The van der Waals surface area contributed by atoms with E-state index in [2.05, 4.69) is 72.9 Å². The van der Waals surface area contributed by atoms with Gasteiger partial charge in [-0.25, -0.2) is 0 Å². The van der Waals surface area contributed by atoms with Gasteiger partial charge in [0.2, 0.25) is 5.69 Å². The Hall–Kier alpha value is -1.48. The summed E-state index contributed by atoms with van der Waals surface area (Å²) in [6, 6.07) is 8.79. The Kier molecular flexibility index (Phi) is 6.01. The molecule has 1 aromatic rings. The molecule has 1 saturated heterocycles. The normalized spacial score (nSPS) is 23.5. The van der Waals surface area contributed by atoms with Gasteiger partial charge in [0, 0.05) is 36.5 Å². The van der Waals surface area contributed by atoms with Gasteiger partial charge in [-0.3, -0.25) is 0 Å². The van der Waals surface area contributed by atoms with Gasteiger partial charge in [-0.2, -0.15) is 4.58 Å². The summed E-state index contributed by atoms with van der Waals surface area (Å²) in [7, 11) is 2.19. The SMILES string of the molecule is C[N+]1=C(/C=C/C=C2\SCCN2CCCC2CCCC2)C(C)(C)c2ccccc21. The molecule has 28 heavy (non-hydrogen) atoms. The molecule has 3 aliphatic rings. The maximum Gasteiger partial charge on any atom is 0.209 e. The predicted octanol–water partition coefficient (Wildman–Crippen LogP) is 6.11. The number of rotatable bonds is 6. The second-order valence-electron chi connectivity index (χ2n) is 9.08. The molecule has 1 aliphatic carbocycles. The minimum Gasteiger partial charge on any atom is -0.366 e. The van der Waals surface area contributed by atoms with Crippen molar-refractivity contribution in [2.75, 3.05) is 25.9 Å². The zero-order chi connectivity index (χ0) is 19.6. The third-order valence-electron chi connectivity index (χ3n) is 6.87. The van der Waals surface area contributed by atoms with E-state index in [-0.39, 0.29) is 5.41 Å². The second kappa shape index (κ2) is 8.49. The van der Waals surface area contributed by atoms with Crippen LogP contribution < -0.4 is 0 Å². The van der Waals surface area contributed by atoms with Crippen LogP contribution in [0.3, 0.4) is 0 Å². The molecule has 2 aliphatic heterocycles. The molecule has 0 radical (unpaired) electrons. The lowest BCUT2D eigenvalue weighted by Crippen LogP contribution is -2.26. The summed E-state index contributed by atoms with van der Waals surface area (Å²) < 4.78 is 2.35. The lowest BCUT2D eigenvalue weighted by molar-refractivity contribution is -0.401. The Labute approximate surface area is 175 Å². The number of allylic oxidation sites excluding steroid dienone is 3. The van der Waals surface area contributed by atoms with Crippen molar-refractivity contribution in [2.24, 2.45) is 5.92 Å². The van der Waals surface area contributed by atoms with Crippen LogP contribution in [0.5, 0.6) is 0 Å². The van der Waals surface area contributed by atoms with E-state index in [0.717, 1.165) is 5.92 Å². The molecule has 2 nitrogen and oxygen atoms in total. The van der Waals surface area contributed by atoms with Crippen LogP contribution in [0.4, 0.5) is 5.69 Å². The summed E-state index contributed by atoms with van der Waals surface area (Å²) in [6.07, 6.45) is 15.6. The van der Waals surface area contributed by atoms with Gasteiger partial charge >= 0.3 is 0 Å². The highest BCUT2D eigenvalue weighted by Gasteiger charge is 2.42. The van der Waals surface area contributed by atoms with E-state index in [1.807, 2.05) is 11.8 Å². The monoisotopic (exact) mass is 395 g/mol. The van der Waals surface area contributed by atoms with Crippen LogP contribution in [0.1, 0.15) is 57.9 Å². The van der Waals surface area contributed by atoms with Crippen molar-refractivity contribution in [3.05, 3.63) is 53.1 Å². The van der Waals surface area contributed by atoms with Gasteiger partial charge in [0.1, 0.15) is 7.05 Å². The smallest absolute Gasteiger partial charge is 0.209 e. The Morgan fingerprint density at radius 3 is 2.79 bits per heavy atom. The fourth-order valence-corrected chi connectivity index (χ4v) is 6.29. The first-order valence-corrected chi connectivity index (χ1v) is 12.0. The number of fused-ring (bicyclic) bond motifs is 1. The topological polar surface area (TPSA) is 6.25 Å². The fourth-order valence-electron chi connectivity index (χ4n) is 5.23. The lowest BCUT2D eigenvalue weighted by atomic mass is 9.81. The predicted molar refractivity (Wildman–Crippen MR) is 123 cm³/mol. The van der Waals surface area contributed by atoms with Crippen LogP contribution in [-0.4, -0.2) is 41.1 Å². The average Bonchev–Trinajstić information content (AvgIpc) is 3.40. The molecule has 0 atom stereocenters. The standard InChI is InChI=1S/C25H35N2S/c1-25(2)21-13-6-7-14-22(21)26(3)23(25)15-8-16-24-27(18-19-28-24)17-9-12-20-10-4-5-11-20/h6-8,13-16,20H,4-5,9-12,17-19H2,1-3H3/q+1. The molecule has 1 saturated carbocycles. The van der Waals surface area contributed by atoms with Crippen molar-refractivity contribution >= 4 is 23.2 Å². The molecule has 0 bridgehead atoms. The number of thioether (sulfide) groups is 1. The van der Waals surface area contributed by atoms with E-state index in [0.29, 0.717) is 0 Å². The van der Waals surface area contributed by atoms with Gasteiger partial charge in [-0.1, -0.05) is 50.0 Å². The van der Waals surface area contributed by atoms with Crippen LogP contribution in [0.25, 0.3) is 0 Å². The first-order chi connectivity index (χ1) is 13.6. The molecule has 2 heterocycles. The molecule has 3 heteroatoms. The van der Waals surface area contributed by atoms with Crippen molar-refractivity contribution in [3.8, 4) is 0 Å². The summed E-state index contributed by atoms with van der Waals surface area (Å²) in [6.45, 7) is 7.11. The third-order valence-corrected chi connectivity index (χ3v) is 7.95. The first kappa shape index (κ1) is 19.8. The zero-order valence-corrected chi connectivity index (χ0v) is 18.6. The van der Waals surface area contributed by atoms with Crippen molar-refractivity contribution < 1.29 is 4.58 Å². The Morgan fingerprint density at radius 1 is 1.21 bits per heavy atom. The molecule has 0 aromatic heterocycles. The van der Waals surface area contributed by atoms with Crippen molar-refractivity contribution in [3.63, 3.8) is 0 Å². The number of para-hydroxylation sites is 1. The van der Waals surface area contributed by atoms with Crippen molar-refractivity contribution in [1.29, 1.82) is 0 Å². The highest BCUT2D eigenvalue weighted by atomic mass is 32.2. The Bertz CT molecular complexity index is 797. The van der Waals surface area contributed by atoms with Gasteiger partial charge in [0.25, 0.3) is 0 Å². The van der Waals surface area contributed by atoms with Crippen molar-refractivity contribution in [1.82, 2.24) is 4.90 Å². The van der Waals surface area contributed by atoms with Gasteiger partial charge in [0.15, 0.2) is 5.71 Å². The largest absolute Gasteiger partial charge is 0.366 e. The summed E-state index contributed by atoms with van der Waals surface area (Å²) in [5, 5.41) is 1.46. The van der Waals surface area contributed by atoms with E-state index in [4.69, 9.17) is 0 Å². The van der Waals surface area contributed by atoms with Crippen molar-refractivity contribution in [2.45, 2.75) is 57.8 Å². The average molecular weight is 396 g/mol. The number of nitrogens with zero attached hydrogens (tertiary/aromatic N) is 2. The molecule has 2 fully saturated rings. The van der Waals surface area contributed by atoms with Crippen LogP contribution in [0.15, 0.2) is 47.5 Å². The summed E-state index contributed by atoms with van der Waals surface area (Å²) >= 11 is 2.02. The summed E-state index contributed by atoms with van der Waals surface area (Å²) in [5.74, 6) is 2.25. The highest BCUT2D eigenvalue weighted by molar-refractivity contribution is 8.03. The zero-order valence-electron chi connectivity index (χ0n) is 17.8. The molecule has 0 unspecified atom stereocenters. The minimum atomic E-state index is 0.0597. The minimum absolute atomic E-state index is 0.0597. The fraction of sp³-hybridized carbons (Fsp3) is 0.560. The maximum atomic E-state index is 2.60. The lowest BCUT2D eigenvalue weighted by Gasteiger charge is -2.19. The van der Waals surface area contributed by atoms with E-state index >= 15 is 0 Å². The van der Waals surface area contributed by atoms with Gasteiger partial charge in [-0.05, 0) is 38.7 Å². The third kappa shape index (κ3) is 3.96. The second-order valence-corrected chi connectivity index (χ2v) is 10.2. The van der Waals surface area contributed by atoms with Gasteiger partial charge < -0.3 is 4.90 Å². The van der Waals surface area contributed by atoms with E-state index < -0.39 is 0 Å². The van der Waals surface area contributed by atoms with E-state index in [9.17, 15) is 0 Å². The van der Waals surface area contributed by atoms with Gasteiger partial charge in [0.05, 0.1) is 10.4 Å². The number of hydrogen-bond acceptors (Lipinski definition) is 2. The number of benzene rings is 1. The Morgan fingerprint density at radius 2 is 2.00 bits per heavy atom. The quantitative estimate of drug-likeness (QED) is 0.536. The maximum absolute atomic E-state index is 2.60. The van der Waals surface area contributed by atoms with Crippen LogP contribution in [0.2, 0.25) is 0 Å². The molecule has 0 amide bonds. The molecule has 1 aromatic carbocycles. The molecule has 0 N–H and O–H groups in total. The van der Waals surface area contributed by atoms with Crippen LogP contribution >= 0.6 is 11.8 Å². The molecule has 0 spiro atoms. The van der Waals surface area contributed by atoms with E-state index in [1.54, 1.807) is 0 Å². The molecular formula is C25H35N2S+. The highest BCUT2D eigenvalue weighted by Crippen LogP contribution is 2.39. The summed E-state index contributed by atoms with van der Waals surface area (Å²) in [5.41, 5.74) is 4.20. The molecule has 4 rings (SSSR count). The van der Waals surface area contributed by atoms with E-state index in [1.165, 1.54) is 79.4 Å².